The maximum atomic E-state index is 12.0. The molecule has 0 aliphatic carbocycles. The van der Waals surface area contributed by atoms with Crippen molar-refractivity contribution in [1.82, 2.24) is 10.3 Å². The first-order valence-electron chi connectivity index (χ1n) is 8.75. The van der Waals surface area contributed by atoms with Gasteiger partial charge in [0.05, 0.1) is 0 Å². The molecular weight excluding hydrogens is 348 g/mol. The standard InChI is InChI=1S/C21H23ClN2O2/c1-21(2,3)14-6-4-13(5-7-14)16(12-15-8-11-19(25)23-15)18-10-9-17(22)20(26)24-18/h4-7,9-10,12,15H,8,11H2,1-3H3,(H,23,25)(H,24,26)/b16-12+/t15-/m0/s1. The number of carbonyl (C=O) groups excluding carboxylic acids is 1. The Bertz CT molecular complexity index is 905. The molecule has 26 heavy (non-hydrogen) atoms. The van der Waals surface area contributed by atoms with E-state index in [-0.39, 0.29) is 27.9 Å². The Balaban J connectivity index is 2.05. The first-order valence-corrected chi connectivity index (χ1v) is 9.13. The van der Waals surface area contributed by atoms with E-state index in [4.69, 9.17) is 11.6 Å². The minimum absolute atomic E-state index is 0.0426. The van der Waals surface area contributed by atoms with Gasteiger partial charge in [0.1, 0.15) is 5.02 Å². The first kappa shape index (κ1) is 18.5. The minimum Gasteiger partial charge on any atom is -0.350 e. The highest BCUT2D eigenvalue weighted by atomic mass is 35.5. The number of H-pyrrole nitrogens is 1. The summed E-state index contributed by atoms with van der Waals surface area (Å²) in [6.45, 7) is 6.51. The number of rotatable bonds is 3. The van der Waals surface area contributed by atoms with Crippen molar-refractivity contribution in [1.29, 1.82) is 0 Å². The van der Waals surface area contributed by atoms with Gasteiger partial charge in [-0.25, -0.2) is 0 Å². The molecule has 0 spiro atoms. The number of amides is 1. The van der Waals surface area contributed by atoms with Crippen LogP contribution in [0.3, 0.4) is 0 Å². The average Bonchev–Trinajstić information content (AvgIpc) is 3.00. The number of aromatic amines is 1. The highest BCUT2D eigenvalue weighted by Gasteiger charge is 2.21. The Morgan fingerprint density at radius 3 is 2.35 bits per heavy atom. The second-order valence-electron chi connectivity index (χ2n) is 7.67. The number of benzene rings is 1. The highest BCUT2D eigenvalue weighted by Crippen LogP contribution is 2.28. The smallest absolute Gasteiger partial charge is 0.267 e. The lowest BCUT2D eigenvalue weighted by Gasteiger charge is -2.20. The first-order chi connectivity index (χ1) is 12.2. The number of nitrogens with one attached hydrogen (secondary N) is 2. The van der Waals surface area contributed by atoms with E-state index in [0.717, 1.165) is 17.6 Å². The van der Waals surface area contributed by atoms with Gasteiger partial charge in [-0.05, 0) is 35.1 Å². The molecule has 1 aliphatic rings. The summed E-state index contributed by atoms with van der Waals surface area (Å²) < 4.78 is 0. The molecule has 4 nitrogen and oxygen atoms in total. The molecule has 0 unspecified atom stereocenters. The third-order valence-corrected chi connectivity index (χ3v) is 4.91. The summed E-state index contributed by atoms with van der Waals surface area (Å²) in [7, 11) is 0. The van der Waals surface area contributed by atoms with E-state index >= 15 is 0 Å². The third-order valence-electron chi connectivity index (χ3n) is 4.61. The topological polar surface area (TPSA) is 62.0 Å². The quantitative estimate of drug-likeness (QED) is 0.856. The molecule has 1 aliphatic heterocycles. The molecule has 2 heterocycles. The van der Waals surface area contributed by atoms with Gasteiger partial charge in [0.15, 0.2) is 0 Å². The number of pyridine rings is 1. The van der Waals surface area contributed by atoms with Gasteiger partial charge < -0.3 is 10.3 Å². The molecule has 1 aromatic carbocycles. The fourth-order valence-corrected chi connectivity index (χ4v) is 3.18. The van der Waals surface area contributed by atoms with Crippen molar-refractivity contribution in [2.24, 2.45) is 0 Å². The van der Waals surface area contributed by atoms with Crippen molar-refractivity contribution in [3.05, 3.63) is 74.7 Å². The zero-order valence-corrected chi connectivity index (χ0v) is 16.0. The number of halogens is 1. The minimum atomic E-state index is -0.322. The van der Waals surface area contributed by atoms with Gasteiger partial charge in [0.25, 0.3) is 5.56 Å². The maximum absolute atomic E-state index is 12.0. The largest absolute Gasteiger partial charge is 0.350 e. The summed E-state index contributed by atoms with van der Waals surface area (Å²) in [6.07, 6.45) is 3.28. The molecule has 2 N–H and O–H groups in total. The molecular formula is C21H23ClN2O2. The second kappa shape index (κ2) is 7.12. The van der Waals surface area contributed by atoms with Gasteiger partial charge in [-0.3, -0.25) is 9.59 Å². The van der Waals surface area contributed by atoms with Crippen LogP contribution in [0.1, 0.15) is 50.4 Å². The monoisotopic (exact) mass is 370 g/mol. The lowest BCUT2D eigenvalue weighted by atomic mass is 9.86. The average molecular weight is 371 g/mol. The molecule has 1 fully saturated rings. The molecule has 136 valence electrons. The van der Waals surface area contributed by atoms with E-state index in [9.17, 15) is 9.59 Å². The fraction of sp³-hybridized carbons (Fsp3) is 0.333. The Labute approximate surface area is 158 Å². The second-order valence-corrected chi connectivity index (χ2v) is 8.08. The zero-order chi connectivity index (χ0) is 18.9. The van der Waals surface area contributed by atoms with Gasteiger partial charge in [-0.15, -0.1) is 0 Å². The molecule has 0 bridgehead atoms. The predicted molar refractivity (Wildman–Crippen MR) is 105 cm³/mol. The number of hydrogen-bond acceptors (Lipinski definition) is 2. The van der Waals surface area contributed by atoms with E-state index in [1.807, 2.05) is 6.08 Å². The van der Waals surface area contributed by atoms with Crippen LogP contribution in [0, 0.1) is 0 Å². The van der Waals surface area contributed by atoms with Crippen molar-refractivity contribution in [2.75, 3.05) is 0 Å². The van der Waals surface area contributed by atoms with Gasteiger partial charge in [0.2, 0.25) is 5.91 Å². The van der Waals surface area contributed by atoms with Crippen LogP contribution in [0.2, 0.25) is 5.02 Å². The molecule has 5 heteroatoms. The highest BCUT2D eigenvalue weighted by molar-refractivity contribution is 6.30. The van der Waals surface area contributed by atoms with Crippen LogP contribution in [0.5, 0.6) is 0 Å². The van der Waals surface area contributed by atoms with Crippen molar-refractivity contribution < 1.29 is 4.79 Å². The van der Waals surface area contributed by atoms with Crippen LogP contribution >= 0.6 is 11.6 Å². The lowest BCUT2D eigenvalue weighted by Crippen LogP contribution is -2.23. The summed E-state index contributed by atoms with van der Waals surface area (Å²) in [4.78, 5) is 26.3. The van der Waals surface area contributed by atoms with Crippen LogP contribution in [0.15, 0.2) is 47.3 Å². The van der Waals surface area contributed by atoms with Crippen LogP contribution in [-0.2, 0) is 10.2 Å². The molecule has 1 amide bonds. The number of carbonyl (C=O) groups is 1. The molecule has 1 aromatic heterocycles. The predicted octanol–water partition coefficient (Wildman–Crippen LogP) is 4.04. The van der Waals surface area contributed by atoms with Gasteiger partial charge in [-0.1, -0.05) is 62.7 Å². The SMILES string of the molecule is CC(C)(C)c1ccc(/C(=C\[C@@H]2CCC(=O)N2)c2ccc(Cl)c(=O)[nH]2)cc1. The summed E-state index contributed by atoms with van der Waals surface area (Å²) in [5, 5.41) is 3.11. The number of hydrogen-bond donors (Lipinski definition) is 2. The molecule has 3 rings (SSSR count). The Kier molecular flexibility index (Phi) is 5.05. The normalized spacial score (nSPS) is 18.1. The molecule has 1 atom stereocenters. The Morgan fingerprint density at radius 2 is 1.81 bits per heavy atom. The van der Waals surface area contributed by atoms with Crippen molar-refractivity contribution in [2.45, 2.75) is 45.1 Å². The van der Waals surface area contributed by atoms with Crippen LogP contribution in [-0.4, -0.2) is 16.9 Å². The molecule has 1 saturated heterocycles. The van der Waals surface area contributed by atoms with E-state index in [0.29, 0.717) is 12.1 Å². The van der Waals surface area contributed by atoms with E-state index in [1.165, 1.54) is 5.56 Å². The lowest BCUT2D eigenvalue weighted by molar-refractivity contribution is -0.119. The van der Waals surface area contributed by atoms with E-state index < -0.39 is 0 Å². The molecule has 0 radical (unpaired) electrons. The van der Waals surface area contributed by atoms with Gasteiger partial charge in [0, 0.05) is 23.7 Å². The van der Waals surface area contributed by atoms with Crippen LogP contribution in [0.4, 0.5) is 0 Å². The van der Waals surface area contributed by atoms with Gasteiger partial charge in [-0.2, -0.15) is 0 Å². The van der Waals surface area contributed by atoms with E-state index in [1.54, 1.807) is 12.1 Å². The summed E-state index contributed by atoms with van der Waals surface area (Å²) in [6, 6.07) is 11.7. The Morgan fingerprint density at radius 1 is 1.12 bits per heavy atom. The summed E-state index contributed by atoms with van der Waals surface area (Å²) >= 11 is 5.87. The number of aromatic nitrogens is 1. The van der Waals surface area contributed by atoms with Crippen LogP contribution < -0.4 is 10.9 Å². The zero-order valence-electron chi connectivity index (χ0n) is 15.2. The van der Waals surface area contributed by atoms with Crippen LogP contribution in [0.25, 0.3) is 5.57 Å². The van der Waals surface area contributed by atoms with Crippen molar-refractivity contribution >= 4 is 23.1 Å². The van der Waals surface area contributed by atoms with Crippen molar-refractivity contribution in [3.8, 4) is 0 Å². The fourth-order valence-electron chi connectivity index (χ4n) is 3.07. The maximum Gasteiger partial charge on any atom is 0.267 e. The van der Waals surface area contributed by atoms with E-state index in [2.05, 4.69) is 55.3 Å². The van der Waals surface area contributed by atoms with Crippen molar-refractivity contribution in [3.63, 3.8) is 0 Å². The van der Waals surface area contributed by atoms with Gasteiger partial charge >= 0.3 is 0 Å². The molecule has 2 aromatic rings. The third kappa shape index (κ3) is 4.07. The Hall–Kier alpha value is -2.33. The summed E-state index contributed by atoms with van der Waals surface area (Å²) in [5.74, 6) is 0.0540. The summed E-state index contributed by atoms with van der Waals surface area (Å²) in [5.41, 5.74) is 3.53. The molecule has 0 saturated carbocycles.